The molecule has 1 fully saturated rings. The van der Waals surface area contributed by atoms with Crippen molar-refractivity contribution in [3.05, 3.63) is 70.8 Å². The molecule has 0 radical (unpaired) electrons. The summed E-state index contributed by atoms with van der Waals surface area (Å²) >= 11 is 6.03. The Hall–Kier alpha value is -2.77. The van der Waals surface area contributed by atoms with Crippen molar-refractivity contribution in [2.45, 2.75) is 13.0 Å². The number of carbonyl (C=O) groups is 1. The number of aromatic nitrogens is 2. The van der Waals surface area contributed by atoms with E-state index in [0.29, 0.717) is 43.5 Å². The van der Waals surface area contributed by atoms with Crippen LogP contribution in [0, 0.1) is 5.82 Å². The Morgan fingerprint density at radius 1 is 1.14 bits per heavy atom. The van der Waals surface area contributed by atoms with Crippen LogP contribution in [-0.4, -0.2) is 52.0 Å². The third kappa shape index (κ3) is 4.16. The molecule has 2 aromatic carbocycles. The second-order valence-electron chi connectivity index (χ2n) is 6.95. The van der Waals surface area contributed by atoms with Gasteiger partial charge in [0.05, 0.1) is 16.6 Å². The predicted octanol–water partition coefficient (Wildman–Crippen LogP) is 4.05. The molecule has 8 heteroatoms. The maximum absolute atomic E-state index is 13.2. The summed E-state index contributed by atoms with van der Waals surface area (Å²) in [7, 11) is 0. The average Bonchev–Trinajstić information content (AvgIpc) is 3.24. The molecule has 2 heterocycles. The van der Waals surface area contributed by atoms with E-state index >= 15 is 0 Å². The Labute approximate surface area is 172 Å². The molecule has 0 aliphatic carbocycles. The van der Waals surface area contributed by atoms with Crippen LogP contribution in [0.25, 0.3) is 11.4 Å². The SMILES string of the molecule is C[C@@H](c1nc(-c2ccccc2)no1)N1CCN(C(=O)c2ccc(F)cc2Cl)CC1. The molecule has 1 atom stereocenters. The fourth-order valence-corrected chi connectivity index (χ4v) is 3.66. The molecule has 1 aliphatic rings. The lowest BCUT2D eigenvalue weighted by Crippen LogP contribution is -2.49. The Morgan fingerprint density at radius 3 is 2.55 bits per heavy atom. The van der Waals surface area contributed by atoms with Crippen molar-refractivity contribution < 1.29 is 13.7 Å². The number of benzene rings is 2. The maximum Gasteiger partial charge on any atom is 0.255 e. The fourth-order valence-electron chi connectivity index (χ4n) is 3.41. The van der Waals surface area contributed by atoms with Gasteiger partial charge < -0.3 is 9.42 Å². The summed E-state index contributed by atoms with van der Waals surface area (Å²) in [6, 6.07) is 13.4. The molecule has 1 saturated heterocycles. The van der Waals surface area contributed by atoms with Crippen molar-refractivity contribution in [1.82, 2.24) is 19.9 Å². The highest BCUT2D eigenvalue weighted by Gasteiger charge is 2.28. The van der Waals surface area contributed by atoms with Crippen molar-refractivity contribution >= 4 is 17.5 Å². The molecule has 1 aromatic heterocycles. The van der Waals surface area contributed by atoms with Crippen molar-refractivity contribution in [2.24, 2.45) is 0 Å². The van der Waals surface area contributed by atoms with Crippen LogP contribution in [0.3, 0.4) is 0 Å². The van der Waals surface area contributed by atoms with E-state index in [-0.39, 0.29) is 17.0 Å². The van der Waals surface area contributed by atoms with Crippen LogP contribution in [0.1, 0.15) is 29.2 Å². The first-order valence-electron chi connectivity index (χ1n) is 9.40. The summed E-state index contributed by atoms with van der Waals surface area (Å²) in [6.07, 6.45) is 0. The van der Waals surface area contributed by atoms with Gasteiger partial charge in [0.25, 0.3) is 5.91 Å². The zero-order chi connectivity index (χ0) is 20.4. The third-order valence-electron chi connectivity index (χ3n) is 5.14. The van der Waals surface area contributed by atoms with Gasteiger partial charge in [-0.1, -0.05) is 47.1 Å². The van der Waals surface area contributed by atoms with E-state index in [4.69, 9.17) is 16.1 Å². The van der Waals surface area contributed by atoms with E-state index in [2.05, 4.69) is 15.0 Å². The molecule has 0 unspecified atom stereocenters. The van der Waals surface area contributed by atoms with Crippen LogP contribution in [0.4, 0.5) is 4.39 Å². The molecule has 4 rings (SSSR count). The fraction of sp³-hybridized carbons (Fsp3) is 0.286. The lowest BCUT2D eigenvalue weighted by Gasteiger charge is -2.36. The minimum Gasteiger partial charge on any atom is -0.337 e. The summed E-state index contributed by atoms with van der Waals surface area (Å²) in [5.74, 6) is 0.462. The summed E-state index contributed by atoms with van der Waals surface area (Å²) < 4.78 is 18.7. The molecular formula is C21H20ClFN4O2. The first-order valence-corrected chi connectivity index (χ1v) is 9.78. The van der Waals surface area contributed by atoms with E-state index in [9.17, 15) is 9.18 Å². The van der Waals surface area contributed by atoms with E-state index in [0.717, 1.165) is 11.6 Å². The standard InChI is InChI=1S/C21H20ClFN4O2/c1-14(20-24-19(25-29-20)15-5-3-2-4-6-15)26-9-11-27(12-10-26)21(28)17-8-7-16(23)13-18(17)22/h2-8,13-14H,9-12H2,1H3/t14-/m0/s1. The lowest BCUT2D eigenvalue weighted by atomic mass is 10.1. The van der Waals surface area contributed by atoms with Gasteiger partial charge in [-0.05, 0) is 25.1 Å². The van der Waals surface area contributed by atoms with Crippen LogP contribution in [0.5, 0.6) is 0 Å². The Morgan fingerprint density at radius 2 is 1.86 bits per heavy atom. The van der Waals surface area contributed by atoms with Crippen molar-refractivity contribution in [2.75, 3.05) is 26.2 Å². The molecule has 150 valence electrons. The summed E-state index contributed by atoms with van der Waals surface area (Å²) in [6.45, 7) is 4.41. The van der Waals surface area contributed by atoms with Crippen molar-refractivity contribution in [3.8, 4) is 11.4 Å². The van der Waals surface area contributed by atoms with Gasteiger partial charge in [0.1, 0.15) is 5.82 Å². The first kappa shape index (κ1) is 19.5. The van der Waals surface area contributed by atoms with Gasteiger partial charge >= 0.3 is 0 Å². The molecule has 1 amide bonds. The maximum atomic E-state index is 13.2. The van der Waals surface area contributed by atoms with Gasteiger partial charge in [0, 0.05) is 31.7 Å². The Kier molecular flexibility index (Phi) is 5.60. The van der Waals surface area contributed by atoms with E-state index in [1.807, 2.05) is 37.3 Å². The van der Waals surface area contributed by atoms with Crippen LogP contribution < -0.4 is 0 Å². The van der Waals surface area contributed by atoms with E-state index in [1.54, 1.807) is 4.90 Å². The molecular weight excluding hydrogens is 395 g/mol. The number of carbonyl (C=O) groups excluding carboxylic acids is 1. The number of nitrogens with zero attached hydrogens (tertiary/aromatic N) is 4. The van der Waals surface area contributed by atoms with Crippen LogP contribution >= 0.6 is 11.6 Å². The molecule has 0 saturated carbocycles. The van der Waals surface area contributed by atoms with Gasteiger partial charge in [-0.3, -0.25) is 9.69 Å². The Balaban J connectivity index is 1.39. The van der Waals surface area contributed by atoms with Gasteiger partial charge in [0.15, 0.2) is 0 Å². The minimum atomic E-state index is -0.459. The smallest absolute Gasteiger partial charge is 0.255 e. The van der Waals surface area contributed by atoms with Crippen LogP contribution in [0.15, 0.2) is 53.1 Å². The summed E-state index contributed by atoms with van der Waals surface area (Å²) in [5.41, 5.74) is 1.22. The highest BCUT2D eigenvalue weighted by atomic mass is 35.5. The monoisotopic (exact) mass is 414 g/mol. The number of hydrogen-bond acceptors (Lipinski definition) is 5. The highest BCUT2D eigenvalue weighted by molar-refractivity contribution is 6.33. The summed E-state index contributed by atoms with van der Waals surface area (Å²) in [5, 5.41) is 4.21. The molecule has 0 spiro atoms. The number of rotatable bonds is 4. The normalized spacial score (nSPS) is 16.0. The highest BCUT2D eigenvalue weighted by Crippen LogP contribution is 2.25. The zero-order valence-electron chi connectivity index (χ0n) is 15.9. The summed E-state index contributed by atoms with van der Waals surface area (Å²) in [4.78, 5) is 21.1. The molecule has 6 nitrogen and oxygen atoms in total. The van der Waals surface area contributed by atoms with E-state index in [1.165, 1.54) is 12.1 Å². The van der Waals surface area contributed by atoms with Crippen molar-refractivity contribution in [3.63, 3.8) is 0 Å². The number of piperazine rings is 1. The topological polar surface area (TPSA) is 62.5 Å². The van der Waals surface area contributed by atoms with Crippen molar-refractivity contribution in [1.29, 1.82) is 0 Å². The number of hydrogen-bond donors (Lipinski definition) is 0. The molecule has 3 aromatic rings. The average molecular weight is 415 g/mol. The zero-order valence-corrected chi connectivity index (χ0v) is 16.6. The van der Waals surface area contributed by atoms with Gasteiger partial charge in [0.2, 0.25) is 11.7 Å². The molecule has 0 N–H and O–H groups in total. The van der Waals surface area contributed by atoms with E-state index < -0.39 is 5.82 Å². The quantitative estimate of drug-likeness (QED) is 0.644. The molecule has 29 heavy (non-hydrogen) atoms. The second kappa shape index (κ2) is 8.31. The number of halogens is 2. The molecule has 0 bridgehead atoms. The largest absolute Gasteiger partial charge is 0.337 e. The lowest BCUT2D eigenvalue weighted by molar-refractivity contribution is 0.0552. The minimum absolute atomic E-state index is 0.0633. The third-order valence-corrected chi connectivity index (χ3v) is 5.45. The van der Waals surface area contributed by atoms with Gasteiger partial charge in [-0.25, -0.2) is 4.39 Å². The predicted molar refractivity (Wildman–Crippen MR) is 107 cm³/mol. The Bertz CT molecular complexity index is 1000. The van der Waals surface area contributed by atoms with Gasteiger partial charge in [-0.2, -0.15) is 4.98 Å². The van der Waals surface area contributed by atoms with Gasteiger partial charge in [-0.15, -0.1) is 0 Å². The second-order valence-corrected chi connectivity index (χ2v) is 7.36. The number of amides is 1. The molecule has 1 aliphatic heterocycles. The van der Waals surface area contributed by atoms with Crippen LogP contribution in [0.2, 0.25) is 5.02 Å². The first-order chi connectivity index (χ1) is 14.0. The van der Waals surface area contributed by atoms with Crippen LogP contribution in [-0.2, 0) is 0 Å².